The first kappa shape index (κ1) is 20.4. The molecule has 2 aliphatic rings. The number of nitrogens with one attached hydrogen (secondary N) is 1. The number of benzene rings is 2. The quantitative estimate of drug-likeness (QED) is 0.578. The molecule has 0 aromatic heterocycles. The van der Waals surface area contributed by atoms with Gasteiger partial charge in [0.05, 0.1) is 17.1 Å². The van der Waals surface area contributed by atoms with Gasteiger partial charge in [-0.2, -0.15) is 4.31 Å². The number of hydrogen-bond acceptors (Lipinski definition) is 6. The molecule has 2 aromatic rings. The second kappa shape index (κ2) is 8.45. The monoisotopic (exact) mass is 429 g/mol. The number of esters is 1. The van der Waals surface area contributed by atoms with Crippen molar-refractivity contribution in [1.82, 2.24) is 4.31 Å². The van der Waals surface area contributed by atoms with Crippen molar-refractivity contribution in [3.8, 4) is 5.75 Å². The number of para-hydroxylation sites is 2. The lowest BCUT2D eigenvalue weighted by Gasteiger charge is -2.29. The van der Waals surface area contributed by atoms with Gasteiger partial charge < -0.3 is 15.0 Å². The van der Waals surface area contributed by atoms with Crippen LogP contribution >= 0.6 is 0 Å². The minimum absolute atomic E-state index is 0.0164. The molecular formula is C21H23N3O5S. The van der Waals surface area contributed by atoms with Crippen LogP contribution in [0.5, 0.6) is 5.75 Å². The summed E-state index contributed by atoms with van der Waals surface area (Å²) in [6.45, 7) is 1.04. The lowest BCUT2D eigenvalue weighted by Crippen LogP contribution is -2.41. The van der Waals surface area contributed by atoms with Crippen LogP contribution in [-0.2, 0) is 19.6 Å². The molecule has 0 spiro atoms. The van der Waals surface area contributed by atoms with Crippen molar-refractivity contribution in [2.45, 2.75) is 24.2 Å². The zero-order valence-electron chi connectivity index (χ0n) is 16.4. The molecule has 1 amide bonds. The first-order chi connectivity index (χ1) is 14.4. The Balaban J connectivity index is 1.41. The average Bonchev–Trinajstić information content (AvgIpc) is 2.74. The predicted molar refractivity (Wildman–Crippen MR) is 112 cm³/mol. The summed E-state index contributed by atoms with van der Waals surface area (Å²) < 4.78 is 32.1. The summed E-state index contributed by atoms with van der Waals surface area (Å²) in [6, 6.07) is 13.2. The van der Waals surface area contributed by atoms with Crippen molar-refractivity contribution < 1.29 is 22.7 Å². The second-order valence-electron chi connectivity index (χ2n) is 7.34. The lowest BCUT2D eigenvalue weighted by atomic mass is 10.2. The Kier molecular flexibility index (Phi) is 5.74. The number of piperidine rings is 1. The van der Waals surface area contributed by atoms with Gasteiger partial charge in [-0.3, -0.25) is 4.79 Å². The van der Waals surface area contributed by atoms with Crippen LogP contribution in [0.3, 0.4) is 0 Å². The Morgan fingerprint density at radius 1 is 1.00 bits per heavy atom. The molecule has 1 fully saturated rings. The number of carbonyl (C=O) groups is 2. The first-order valence-electron chi connectivity index (χ1n) is 9.88. The van der Waals surface area contributed by atoms with Crippen molar-refractivity contribution in [3.05, 3.63) is 48.5 Å². The molecular weight excluding hydrogens is 406 g/mol. The normalized spacial score (nSPS) is 17.2. The predicted octanol–water partition coefficient (Wildman–Crippen LogP) is 2.23. The zero-order chi connectivity index (χ0) is 21.1. The molecule has 2 heterocycles. The lowest BCUT2D eigenvalue weighted by molar-refractivity contribution is -0.133. The molecule has 9 heteroatoms. The van der Waals surface area contributed by atoms with E-state index in [9.17, 15) is 18.0 Å². The summed E-state index contributed by atoms with van der Waals surface area (Å²) in [6.07, 6.45) is 2.80. The van der Waals surface area contributed by atoms with Gasteiger partial charge in [0.2, 0.25) is 15.9 Å². The van der Waals surface area contributed by atoms with Crippen LogP contribution in [0.4, 0.5) is 11.4 Å². The van der Waals surface area contributed by atoms with Crippen LogP contribution in [0, 0.1) is 0 Å². The fourth-order valence-electron chi connectivity index (χ4n) is 3.68. The molecule has 8 nitrogen and oxygen atoms in total. The van der Waals surface area contributed by atoms with Crippen LogP contribution in [0.15, 0.2) is 53.4 Å². The van der Waals surface area contributed by atoms with E-state index >= 15 is 0 Å². The van der Waals surface area contributed by atoms with Gasteiger partial charge >= 0.3 is 5.97 Å². The largest absolute Gasteiger partial charge is 0.423 e. The van der Waals surface area contributed by atoms with Crippen LogP contribution < -0.4 is 15.0 Å². The van der Waals surface area contributed by atoms with E-state index in [1.165, 1.54) is 16.4 Å². The summed E-state index contributed by atoms with van der Waals surface area (Å²) in [5.41, 5.74) is 1.17. The highest BCUT2D eigenvalue weighted by atomic mass is 32.2. The van der Waals surface area contributed by atoms with Gasteiger partial charge in [-0.15, -0.1) is 0 Å². The van der Waals surface area contributed by atoms with Gasteiger partial charge in [-0.25, -0.2) is 13.2 Å². The van der Waals surface area contributed by atoms with E-state index in [2.05, 4.69) is 5.32 Å². The van der Waals surface area contributed by atoms with E-state index in [0.29, 0.717) is 30.2 Å². The van der Waals surface area contributed by atoms with E-state index in [-0.39, 0.29) is 23.9 Å². The summed E-state index contributed by atoms with van der Waals surface area (Å²) in [5.74, 6) is -0.311. The van der Waals surface area contributed by atoms with Crippen molar-refractivity contribution in [2.24, 2.45) is 0 Å². The number of ether oxygens (including phenoxy) is 1. The van der Waals surface area contributed by atoms with Crippen molar-refractivity contribution in [3.63, 3.8) is 0 Å². The molecule has 1 saturated heterocycles. The molecule has 0 radical (unpaired) electrons. The number of amides is 1. The molecule has 0 unspecified atom stereocenters. The van der Waals surface area contributed by atoms with Crippen LogP contribution in [0.1, 0.15) is 19.3 Å². The third-order valence-electron chi connectivity index (χ3n) is 5.18. The highest BCUT2D eigenvalue weighted by Gasteiger charge is 2.27. The number of nitrogens with zero attached hydrogens (tertiary/aromatic N) is 2. The van der Waals surface area contributed by atoms with Crippen molar-refractivity contribution in [2.75, 3.05) is 36.4 Å². The number of rotatable bonds is 5. The van der Waals surface area contributed by atoms with Crippen molar-refractivity contribution in [1.29, 1.82) is 0 Å². The summed E-state index contributed by atoms with van der Waals surface area (Å²) in [4.78, 5) is 26.1. The molecule has 4 rings (SSSR count). The Bertz CT molecular complexity index is 1050. The fraction of sp³-hybridized carbons (Fsp3) is 0.333. The van der Waals surface area contributed by atoms with E-state index in [0.717, 1.165) is 19.3 Å². The fourth-order valence-corrected chi connectivity index (χ4v) is 5.20. The van der Waals surface area contributed by atoms with Crippen LogP contribution in [-0.4, -0.2) is 50.8 Å². The van der Waals surface area contributed by atoms with Gasteiger partial charge in [0, 0.05) is 18.8 Å². The Labute approximate surface area is 175 Å². The molecule has 0 aliphatic carbocycles. The highest BCUT2D eigenvalue weighted by molar-refractivity contribution is 7.89. The van der Waals surface area contributed by atoms with E-state index in [1.54, 1.807) is 35.2 Å². The smallest absolute Gasteiger partial charge is 0.331 e. The summed E-state index contributed by atoms with van der Waals surface area (Å²) in [7, 11) is -3.51. The average molecular weight is 429 g/mol. The van der Waals surface area contributed by atoms with Crippen molar-refractivity contribution >= 4 is 33.3 Å². The van der Waals surface area contributed by atoms with E-state index < -0.39 is 16.0 Å². The van der Waals surface area contributed by atoms with Gasteiger partial charge in [0.25, 0.3) is 0 Å². The number of fused-ring (bicyclic) bond motifs is 1. The Hall–Kier alpha value is -2.91. The Morgan fingerprint density at radius 2 is 1.70 bits per heavy atom. The molecule has 0 atom stereocenters. The molecule has 0 bridgehead atoms. The SMILES string of the molecule is O=C(CN1CC(=O)Oc2ccccc21)Nc1ccc(S(=O)(=O)N2CCCCC2)cc1. The molecule has 1 N–H and O–H groups in total. The second-order valence-corrected chi connectivity index (χ2v) is 9.27. The molecule has 0 saturated carbocycles. The standard InChI is InChI=1S/C21H23N3O5S/c25-20(14-23-15-21(26)29-19-7-3-2-6-18(19)23)22-16-8-10-17(11-9-16)30(27,28)24-12-4-1-5-13-24/h2-3,6-11H,1,4-5,12-15H2,(H,22,25). The summed E-state index contributed by atoms with van der Waals surface area (Å²) in [5, 5.41) is 2.75. The molecule has 2 aliphatic heterocycles. The van der Waals surface area contributed by atoms with Crippen LogP contribution in [0.25, 0.3) is 0 Å². The molecule has 158 valence electrons. The minimum Gasteiger partial charge on any atom is -0.423 e. The van der Waals surface area contributed by atoms with E-state index in [1.807, 2.05) is 6.07 Å². The summed E-state index contributed by atoms with van der Waals surface area (Å²) >= 11 is 0. The van der Waals surface area contributed by atoms with Gasteiger partial charge in [0.1, 0.15) is 6.54 Å². The first-order valence-corrected chi connectivity index (χ1v) is 11.3. The number of hydrogen-bond donors (Lipinski definition) is 1. The van der Waals surface area contributed by atoms with E-state index in [4.69, 9.17) is 4.74 Å². The Morgan fingerprint density at radius 3 is 2.43 bits per heavy atom. The number of carbonyl (C=O) groups excluding carboxylic acids is 2. The maximum Gasteiger partial charge on any atom is 0.331 e. The topological polar surface area (TPSA) is 96.0 Å². The zero-order valence-corrected chi connectivity index (χ0v) is 17.2. The molecule has 2 aromatic carbocycles. The maximum atomic E-state index is 12.7. The van der Waals surface area contributed by atoms with Gasteiger partial charge in [0.15, 0.2) is 5.75 Å². The number of sulfonamides is 1. The molecule has 30 heavy (non-hydrogen) atoms. The van der Waals surface area contributed by atoms with Crippen LogP contribution in [0.2, 0.25) is 0 Å². The third-order valence-corrected chi connectivity index (χ3v) is 7.09. The van der Waals surface area contributed by atoms with Gasteiger partial charge in [-0.05, 0) is 49.2 Å². The van der Waals surface area contributed by atoms with Gasteiger partial charge in [-0.1, -0.05) is 18.6 Å². The minimum atomic E-state index is -3.51. The third kappa shape index (κ3) is 4.31. The number of anilines is 2. The highest BCUT2D eigenvalue weighted by Crippen LogP contribution is 2.31. The maximum absolute atomic E-state index is 12.7.